The lowest BCUT2D eigenvalue weighted by atomic mass is 9.94. The molecule has 4 saturated heterocycles. The second kappa shape index (κ2) is 30.8. The van der Waals surface area contributed by atoms with Gasteiger partial charge in [0.25, 0.3) is 12.4 Å². The minimum atomic E-state index is -4.23. The fourth-order valence-corrected chi connectivity index (χ4v) is 10.1. The molecule has 3 N–H and O–H groups in total. The number of nitrogens with zero attached hydrogens (tertiary/aromatic N) is 3. The van der Waals surface area contributed by atoms with Gasteiger partial charge >= 0.3 is 19.2 Å². The number of carbonyl (C=O) groups is 6. The zero-order chi connectivity index (χ0) is 48.3. The van der Waals surface area contributed by atoms with Crippen molar-refractivity contribution in [1.82, 2.24) is 14.8 Å². The first-order valence-corrected chi connectivity index (χ1v) is 24.8. The molecule has 0 spiro atoms. The van der Waals surface area contributed by atoms with Crippen LogP contribution in [0.4, 0.5) is 9.59 Å². The summed E-state index contributed by atoms with van der Waals surface area (Å²) in [5.74, 6) is 0.956. The van der Waals surface area contributed by atoms with Crippen LogP contribution < -0.4 is 5.73 Å². The molecule has 4 aliphatic rings. The minimum absolute atomic E-state index is 0.156. The smallest absolute Gasteiger partial charge is 0.483 e. The second-order valence-corrected chi connectivity index (χ2v) is 19.8. The third-order valence-corrected chi connectivity index (χ3v) is 14.5. The summed E-state index contributed by atoms with van der Waals surface area (Å²) in [4.78, 5) is 72.4. The molecule has 0 aliphatic carbocycles. The van der Waals surface area contributed by atoms with E-state index in [0.29, 0.717) is 67.9 Å². The Morgan fingerprint density at radius 1 is 1.02 bits per heavy atom. The number of likely N-dealkylation sites (N-methyl/N-ethyl adjacent to an activating group) is 1. The summed E-state index contributed by atoms with van der Waals surface area (Å²) in [7, 11) is 0.149. The number of primary amides is 1. The number of carbonyl (C=O) groups excluding carboxylic acids is 5. The van der Waals surface area contributed by atoms with E-state index in [1.54, 1.807) is 24.3 Å². The van der Waals surface area contributed by atoms with E-state index in [1.165, 1.54) is 62.2 Å². The molecule has 0 radical (unpaired) electrons. The number of fused-ring (bicyclic) bond motifs is 1. The van der Waals surface area contributed by atoms with Crippen molar-refractivity contribution in [2.45, 2.75) is 101 Å². The van der Waals surface area contributed by atoms with Crippen molar-refractivity contribution in [2.24, 2.45) is 11.7 Å². The second-order valence-electron chi connectivity index (χ2n) is 16.5. The predicted octanol–water partition coefficient (Wildman–Crippen LogP) is 7.50. The molecular formula is C46H67N4O14PS. The molecule has 0 bridgehead atoms. The van der Waals surface area contributed by atoms with Crippen molar-refractivity contribution in [3.8, 4) is 0 Å². The molecule has 4 fully saturated rings. The maximum absolute atomic E-state index is 13.7. The molecule has 366 valence electrons. The highest BCUT2D eigenvalue weighted by Gasteiger charge is 2.39. The average molecular weight is 963 g/mol. The number of pyridine rings is 1. The number of unbranched alkanes of at least 4 members (excludes halogenated alkanes) is 1. The minimum Gasteiger partial charge on any atom is -0.483 e. The van der Waals surface area contributed by atoms with Gasteiger partial charge in [-0.25, -0.2) is 9.59 Å². The fourth-order valence-electron chi connectivity index (χ4n) is 7.80. The van der Waals surface area contributed by atoms with Crippen molar-refractivity contribution in [3.63, 3.8) is 0 Å². The van der Waals surface area contributed by atoms with Crippen LogP contribution in [-0.2, 0) is 53.3 Å². The normalized spacial score (nSPS) is 19.2. The van der Waals surface area contributed by atoms with E-state index in [2.05, 4.69) is 41.9 Å². The first-order valence-electron chi connectivity index (χ1n) is 22.2. The van der Waals surface area contributed by atoms with E-state index < -0.39 is 38.0 Å². The standard InChI is InChI=1S/C23H28NO10PS.C12H23NO.C9H12N2.CH2O2.CH2O/c24-21(25)20-12-16-11-15(1-2-19(16)36-20)13-35(28,32-14-31-17-3-7-29-8-4-17)23(27)34-22(26)33-18-5-9-30-10-6-18;1-11(6-3-4-9-14)10-12-7-5-8-13(12)2;1-11-6-9(7-11)8-3-2-4-10-5-8;2-1-3;1-2/h1-2,11-12,17-18H,3-10,13-14H2,(H2,24,25);9,11-12H,3-8,10H2,1-2H3;2-5,9H,6-7H2,1H3;1H,(H,2,3);1H2/t;11-,12-;;;/m.1.../s1. The van der Waals surface area contributed by atoms with Crippen molar-refractivity contribution in [3.05, 3.63) is 64.8 Å². The summed E-state index contributed by atoms with van der Waals surface area (Å²) in [6.07, 6.45) is 12.0. The topological polar surface area (TPSA) is 240 Å². The first-order chi connectivity index (χ1) is 31.8. The van der Waals surface area contributed by atoms with Crippen LogP contribution in [0.25, 0.3) is 10.1 Å². The molecule has 3 atom stereocenters. The Balaban J connectivity index is 0.000000312. The third kappa shape index (κ3) is 19.8. The number of amides is 1. The van der Waals surface area contributed by atoms with E-state index in [9.17, 15) is 23.7 Å². The van der Waals surface area contributed by atoms with Gasteiger partial charge in [0.1, 0.15) is 19.2 Å². The molecule has 1 unspecified atom stereocenters. The summed E-state index contributed by atoms with van der Waals surface area (Å²) in [6, 6.07) is 11.7. The van der Waals surface area contributed by atoms with E-state index in [4.69, 9.17) is 48.6 Å². The van der Waals surface area contributed by atoms with Crippen LogP contribution >= 0.6 is 18.7 Å². The van der Waals surface area contributed by atoms with E-state index >= 15 is 0 Å². The number of hydrogen-bond donors (Lipinski definition) is 2. The van der Waals surface area contributed by atoms with E-state index in [1.807, 2.05) is 25.2 Å². The van der Waals surface area contributed by atoms with Gasteiger partial charge in [-0.05, 0) is 106 Å². The Morgan fingerprint density at radius 3 is 2.26 bits per heavy atom. The van der Waals surface area contributed by atoms with Gasteiger partial charge in [-0.3, -0.25) is 23.7 Å². The van der Waals surface area contributed by atoms with Gasteiger partial charge in [-0.2, -0.15) is 0 Å². The number of thiophene rings is 1. The van der Waals surface area contributed by atoms with Crippen molar-refractivity contribution >= 4 is 66.1 Å². The van der Waals surface area contributed by atoms with Crippen molar-refractivity contribution in [1.29, 1.82) is 0 Å². The number of aromatic nitrogens is 1. The Kier molecular flexibility index (Phi) is 26.0. The lowest BCUT2D eigenvalue weighted by Crippen LogP contribution is -2.41. The maximum atomic E-state index is 13.7. The quantitative estimate of drug-likeness (QED) is 0.0353. The molecular weight excluding hydrogens is 896 g/mol. The van der Waals surface area contributed by atoms with Crippen LogP contribution in [0.5, 0.6) is 0 Å². The molecule has 1 aromatic carbocycles. The zero-order valence-corrected chi connectivity index (χ0v) is 40.0. The van der Waals surface area contributed by atoms with Gasteiger partial charge in [0, 0.05) is 74.6 Å². The number of carboxylic acid groups (broad SMARTS) is 1. The highest BCUT2D eigenvalue weighted by atomic mass is 32.1. The number of ether oxygens (including phenoxy) is 5. The van der Waals surface area contributed by atoms with Crippen molar-refractivity contribution in [2.75, 3.05) is 67.0 Å². The maximum Gasteiger partial charge on any atom is 0.516 e. The number of rotatable bonds is 16. The molecule has 18 nitrogen and oxygen atoms in total. The van der Waals surface area contributed by atoms with Crippen LogP contribution in [-0.4, -0.2) is 142 Å². The summed E-state index contributed by atoms with van der Waals surface area (Å²) in [5, 5.41) is 7.59. The predicted molar refractivity (Wildman–Crippen MR) is 249 cm³/mol. The molecule has 6 heterocycles. The number of likely N-dealkylation sites (tertiary alicyclic amines) is 2. The van der Waals surface area contributed by atoms with E-state index in [0.717, 1.165) is 41.7 Å². The monoisotopic (exact) mass is 962 g/mol. The molecule has 2 aromatic heterocycles. The van der Waals surface area contributed by atoms with Crippen LogP contribution in [0.15, 0.2) is 48.8 Å². The average Bonchev–Trinajstić information content (AvgIpc) is 3.93. The summed E-state index contributed by atoms with van der Waals surface area (Å²) < 4.78 is 46.0. The molecule has 4 aliphatic heterocycles. The van der Waals surface area contributed by atoms with Gasteiger partial charge in [-0.1, -0.05) is 25.5 Å². The summed E-state index contributed by atoms with van der Waals surface area (Å²) >= 11 is 1.23. The highest BCUT2D eigenvalue weighted by molar-refractivity contribution is 7.75. The van der Waals surface area contributed by atoms with Gasteiger partial charge < -0.3 is 53.9 Å². The Hall–Kier alpha value is -4.46. The molecule has 1 amide bonds. The molecule has 3 aromatic rings. The lowest BCUT2D eigenvalue weighted by molar-refractivity contribution is -0.123. The van der Waals surface area contributed by atoms with Crippen LogP contribution in [0.3, 0.4) is 0 Å². The van der Waals surface area contributed by atoms with Crippen LogP contribution in [0.1, 0.15) is 97.8 Å². The molecule has 66 heavy (non-hydrogen) atoms. The van der Waals surface area contributed by atoms with E-state index in [-0.39, 0.29) is 18.7 Å². The highest BCUT2D eigenvalue weighted by Crippen LogP contribution is 2.52. The van der Waals surface area contributed by atoms with Crippen molar-refractivity contribution < 1.29 is 66.6 Å². The van der Waals surface area contributed by atoms with Gasteiger partial charge in [0.05, 0.1) is 30.4 Å². The Morgan fingerprint density at radius 2 is 1.68 bits per heavy atom. The number of aldehydes is 1. The zero-order valence-electron chi connectivity index (χ0n) is 38.3. The number of hydrogen-bond acceptors (Lipinski definition) is 17. The van der Waals surface area contributed by atoms with Crippen LogP contribution in [0, 0.1) is 5.92 Å². The van der Waals surface area contributed by atoms with Gasteiger partial charge in [0.2, 0.25) is 0 Å². The number of nitrogens with two attached hydrogens (primary N) is 1. The van der Waals surface area contributed by atoms with Gasteiger partial charge in [-0.15, -0.1) is 11.3 Å². The third-order valence-electron chi connectivity index (χ3n) is 11.4. The summed E-state index contributed by atoms with van der Waals surface area (Å²) in [6.45, 7) is 9.23. The summed E-state index contributed by atoms with van der Waals surface area (Å²) in [5.41, 5.74) is 5.91. The lowest BCUT2D eigenvalue weighted by Gasteiger charge is -2.36. The Labute approximate surface area is 391 Å². The molecule has 0 saturated carbocycles. The molecule has 7 rings (SSSR count). The fraction of sp³-hybridized carbons (Fsp3) is 0.587. The van der Waals surface area contributed by atoms with Crippen LogP contribution in [0.2, 0.25) is 0 Å². The first kappa shape index (κ1) is 55.9. The number of benzene rings is 1. The largest absolute Gasteiger partial charge is 0.516 e. The SMILES string of the molecule is C=O.CN1CC(c2cccnc2)C1.C[C@H](CCCC=O)C[C@H]1CCCN1C.NC(=O)c1cc2cc(CP(=O)(OCOC3CCOCC3)C(=O)OC(=O)OC3CCOCC3)ccc2s1.O=CO. The molecule has 20 heteroatoms. The Bertz CT molecular complexity index is 1960. The van der Waals surface area contributed by atoms with Gasteiger partial charge in [0.15, 0.2) is 6.79 Å².